The SMILES string of the molecule is CCOP(=O)(Cc1ccc(Nc2ncc(C(F)(F)F)c(Nc3ccc([C@H]4CC[C@@H](O)CC4)c4c3C(=O)N(C)C4)n2)c(OC)c1)OCC. The van der Waals surface area contributed by atoms with Gasteiger partial charge in [0.2, 0.25) is 5.95 Å². The first-order valence-electron chi connectivity index (χ1n) is 15.5. The van der Waals surface area contributed by atoms with Gasteiger partial charge < -0.3 is 34.4 Å². The number of hydrogen-bond acceptors (Lipinski definition) is 10. The minimum absolute atomic E-state index is 0.00408. The van der Waals surface area contributed by atoms with E-state index in [9.17, 15) is 27.6 Å². The van der Waals surface area contributed by atoms with Crippen LogP contribution < -0.4 is 15.4 Å². The lowest BCUT2D eigenvalue weighted by molar-refractivity contribution is -0.137. The lowest BCUT2D eigenvalue weighted by atomic mass is 9.80. The fourth-order valence-electron chi connectivity index (χ4n) is 6.13. The van der Waals surface area contributed by atoms with Crippen LogP contribution in [-0.4, -0.2) is 59.4 Å². The van der Waals surface area contributed by atoms with E-state index in [4.69, 9.17) is 13.8 Å². The highest BCUT2D eigenvalue weighted by Crippen LogP contribution is 2.52. The maximum Gasteiger partial charge on any atom is 0.421 e. The summed E-state index contributed by atoms with van der Waals surface area (Å²) in [6.45, 7) is 4.18. The molecule has 2 heterocycles. The molecule has 1 aliphatic carbocycles. The number of amides is 1. The number of carbonyl (C=O) groups excluding carboxylic acids is 1. The topological polar surface area (TPSA) is 135 Å². The average Bonchev–Trinajstić information content (AvgIpc) is 3.32. The molecule has 3 aromatic rings. The summed E-state index contributed by atoms with van der Waals surface area (Å²) in [7, 11) is -0.323. The van der Waals surface area contributed by atoms with E-state index in [0.29, 0.717) is 48.1 Å². The largest absolute Gasteiger partial charge is 0.495 e. The van der Waals surface area contributed by atoms with E-state index in [0.717, 1.165) is 24.0 Å². The molecule has 15 heteroatoms. The van der Waals surface area contributed by atoms with Gasteiger partial charge in [-0.2, -0.15) is 18.2 Å². The molecule has 0 bridgehead atoms. The number of nitrogens with zero attached hydrogens (tertiary/aromatic N) is 3. The second-order valence-electron chi connectivity index (χ2n) is 11.6. The molecular formula is C32H39F3N5O6P. The van der Waals surface area contributed by atoms with Crippen LogP contribution in [-0.2, 0) is 32.5 Å². The molecule has 0 saturated heterocycles. The van der Waals surface area contributed by atoms with Gasteiger partial charge in [-0.05, 0) is 80.3 Å². The predicted octanol–water partition coefficient (Wildman–Crippen LogP) is 7.36. The van der Waals surface area contributed by atoms with Gasteiger partial charge in [0, 0.05) is 19.8 Å². The zero-order chi connectivity index (χ0) is 33.9. The maximum atomic E-state index is 14.2. The van der Waals surface area contributed by atoms with Gasteiger partial charge in [-0.25, -0.2) is 4.98 Å². The number of aromatic nitrogens is 2. The normalized spacial score (nSPS) is 18.3. The molecule has 1 saturated carbocycles. The number of benzene rings is 2. The van der Waals surface area contributed by atoms with Gasteiger partial charge >= 0.3 is 13.8 Å². The van der Waals surface area contributed by atoms with Crippen LogP contribution in [0.15, 0.2) is 36.5 Å². The third-order valence-corrected chi connectivity index (χ3v) is 10.4. The first-order chi connectivity index (χ1) is 22.4. The van der Waals surface area contributed by atoms with Crippen molar-refractivity contribution in [1.29, 1.82) is 0 Å². The van der Waals surface area contributed by atoms with Crippen molar-refractivity contribution >= 4 is 36.6 Å². The van der Waals surface area contributed by atoms with E-state index in [1.165, 1.54) is 12.0 Å². The Morgan fingerprint density at radius 3 is 2.36 bits per heavy atom. The Kier molecular flexibility index (Phi) is 10.4. The number of anilines is 4. The Labute approximate surface area is 271 Å². The number of rotatable bonds is 12. The Morgan fingerprint density at radius 1 is 1.04 bits per heavy atom. The summed E-state index contributed by atoms with van der Waals surface area (Å²) in [6.07, 6.45) is -1.62. The summed E-state index contributed by atoms with van der Waals surface area (Å²) in [6, 6.07) is 8.37. The number of carbonyl (C=O) groups is 1. The quantitative estimate of drug-likeness (QED) is 0.167. The van der Waals surface area contributed by atoms with Gasteiger partial charge in [0.1, 0.15) is 17.1 Å². The van der Waals surface area contributed by atoms with Gasteiger partial charge in [-0.15, -0.1) is 0 Å². The average molecular weight is 678 g/mol. The fourth-order valence-corrected chi connectivity index (χ4v) is 7.82. The molecule has 0 spiro atoms. The molecule has 254 valence electrons. The second kappa shape index (κ2) is 14.2. The second-order valence-corrected chi connectivity index (χ2v) is 13.6. The van der Waals surface area contributed by atoms with E-state index >= 15 is 0 Å². The number of hydrogen-bond donors (Lipinski definition) is 3. The monoisotopic (exact) mass is 677 g/mol. The third kappa shape index (κ3) is 7.72. The highest BCUT2D eigenvalue weighted by molar-refractivity contribution is 7.53. The van der Waals surface area contributed by atoms with Crippen LogP contribution in [0.4, 0.5) is 36.3 Å². The van der Waals surface area contributed by atoms with Crippen molar-refractivity contribution in [3.8, 4) is 5.75 Å². The Balaban J connectivity index is 1.46. The van der Waals surface area contributed by atoms with Gasteiger partial charge in [0.25, 0.3) is 5.91 Å². The molecular weight excluding hydrogens is 638 g/mol. The number of aliphatic hydroxyl groups excluding tert-OH is 1. The summed E-state index contributed by atoms with van der Waals surface area (Å²) in [5.74, 6) is -0.536. The number of aliphatic hydroxyl groups is 1. The van der Waals surface area contributed by atoms with Crippen molar-refractivity contribution in [1.82, 2.24) is 14.9 Å². The van der Waals surface area contributed by atoms with Crippen LogP contribution in [0, 0.1) is 0 Å². The predicted molar refractivity (Wildman–Crippen MR) is 171 cm³/mol. The minimum atomic E-state index is -4.79. The lowest BCUT2D eigenvalue weighted by Crippen LogP contribution is -2.18. The number of nitrogens with one attached hydrogen (secondary N) is 2. The van der Waals surface area contributed by atoms with Crippen molar-refractivity contribution < 1.29 is 41.4 Å². The molecule has 2 aromatic carbocycles. The molecule has 0 unspecified atom stereocenters. The number of methoxy groups -OCH3 is 1. The molecule has 3 N–H and O–H groups in total. The highest BCUT2D eigenvalue weighted by Gasteiger charge is 2.37. The van der Waals surface area contributed by atoms with Crippen LogP contribution in [0.25, 0.3) is 0 Å². The Bertz CT molecular complexity index is 1650. The van der Waals surface area contributed by atoms with Gasteiger partial charge in [-0.1, -0.05) is 12.1 Å². The molecule has 47 heavy (non-hydrogen) atoms. The molecule has 1 aliphatic heterocycles. The first-order valence-corrected chi connectivity index (χ1v) is 17.2. The number of ether oxygens (including phenoxy) is 1. The van der Waals surface area contributed by atoms with E-state index in [1.54, 1.807) is 45.2 Å². The van der Waals surface area contributed by atoms with Gasteiger partial charge in [0.05, 0.1) is 49.5 Å². The number of fused-ring (bicyclic) bond motifs is 1. The van der Waals surface area contributed by atoms with Crippen LogP contribution in [0.1, 0.15) is 78.1 Å². The molecule has 11 nitrogen and oxygen atoms in total. The fraction of sp³-hybridized carbons (Fsp3) is 0.469. The zero-order valence-electron chi connectivity index (χ0n) is 26.7. The minimum Gasteiger partial charge on any atom is -0.495 e. The van der Waals surface area contributed by atoms with Gasteiger partial charge in [0.15, 0.2) is 0 Å². The summed E-state index contributed by atoms with van der Waals surface area (Å²) >= 11 is 0. The number of halogens is 3. The van der Waals surface area contributed by atoms with Crippen LogP contribution in [0.3, 0.4) is 0 Å². The summed E-state index contributed by atoms with van der Waals surface area (Å²) in [4.78, 5) is 22.9. The first kappa shape index (κ1) is 34.6. The van der Waals surface area contributed by atoms with Crippen LogP contribution in [0.5, 0.6) is 5.75 Å². The molecule has 5 rings (SSSR count). The molecule has 1 amide bonds. The third-order valence-electron chi connectivity index (χ3n) is 8.33. The summed E-state index contributed by atoms with van der Waals surface area (Å²) in [5, 5.41) is 15.7. The molecule has 2 aliphatic rings. The van der Waals surface area contributed by atoms with Crippen molar-refractivity contribution in [2.75, 3.05) is 38.0 Å². The Hall–Kier alpha value is -3.71. The van der Waals surface area contributed by atoms with Crippen molar-refractivity contribution in [2.45, 2.75) is 70.4 Å². The zero-order valence-corrected chi connectivity index (χ0v) is 27.6. The maximum absolute atomic E-state index is 14.2. The van der Waals surface area contributed by atoms with E-state index < -0.39 is 25.2 Å². The van der Waals surface area contributed by atoms with Crippen LogP contribution in [0.2, 0.25) is 0 Å². The standard InChI is InChI=1S/C32H39F3N5O6P/c1-5-45-47(43,46-6-2)18-19-7-13-25(27(15-19)44-4)38-31-36-16-24(32(33,34)35)29(39-31)37-26-14-12-22(20-8-10-21(41)11-9-20)23-17-40(3)30(42)28(23)26/h7,12-16,20-21,41H,5-6,8-11,17-18H2,1-4H3,(H2,36,37,38,39)/t20-,21+. The summed E-state index contributed by atoms with van der Waals surface area (Å²) < 4.78 is 71.8. The molecule has 1 fully saturated rings. The van der Waals surface area contributed by atoms with Crippen molar-refractivity contribution in [3.63, 3.8) is 0 Å². The number of alkyl halides is 3. The van der Waals surface area contributed by atoms with Crippen molar-refractivity contribution in [3.05, 3.63) is 64.3 Å². The lowest BCUT2D eigenvalue weighted by Gasteiger charge is -2.27. The highest BCUT2D eigenvalue weighted by atomic mass is 31.2. The van der Waals surface area contributed by atoms with E-state index in [1.807, 2.05) is 6.07 Å². The van der Waals surface area contributed by atoms with E-state index in [2.05, 4.69) is 20.6 Å². The van der Waals surface area contributed by atoms with Gasteiger partial charge in [-0.3, -0.25) is 9.36 Å². The smallest absolute Gasteiger partial charge is 0.421 e. The molecule has 0 atom stereocenters. The Morgan fingerprint density at radius 2 is 1.72 bits per heavy atom. The molecule has 0 radical (unpaired) electrons. The van der Waals surface area contributed by atoms with Crippen molar-refractivity contribution in [2.24, 2.45) is 0 Å². The molecule has 1 aromatic heterocycles. The van der Waals surface area contributed by atoms with Crippen LogP contribution >= 0.6 is 7.60 Å². The van der Waals surface area contributed by atoms with E-state index in [-0.39, 0.29) is 48.9 Å². The summed E-state index contributed by atoms with van der Waals surface area (Å²) in [5.41, 5.74) is 2.11.